The lowest BCUT2D eigenvalue weighted by atomic mass is 9.65. The van der Waals surface area contributed by atoms with Crippen molar-refractivity contribution < 1.29 is 35.9 Å². The number of carbonyl (C=O) groups excluding carboxylic acids is 1. The maximum absolute atomic E-state index is 12.5. The van der Waals surface area contributed by atoms with E-state index in [0.717, 1.165) is 0 Å². The molecule has 0 aromatic rings. The molecule has 8 heteroatoms. The third kappa shape index (κ3) is 4.91. The maximum atomic E-state index is 12.5. The molecule has 0 bridgehead atoms. The maximum Gasteiger partial charge on any atom is 0.434 e. The molecule has 1 atom stereocenters. The van der Waals surface area contributed by atoms with Gasteiger partial charge in [0.2, 0.25) is 0 Å². The van der Waals surface area contributed by atoms with Crippen LogP contribution in [0.2, 0.25) is 0 Å². The van der Waals surface area contributed by atoms with E-state index in [9.17, 15) is 31.1 Å². The van der Waals surface area contributed by atoms with Gasteiger partial charge in [-0.15, -0.1) is 6.58 Å². The number of hydrogen-bond acceptors (Lipinski definition) is 2. The summed E-state index contributed by atoms with van der Waals surface area (Å²) in [7, 11) is 0. The van der Waals surface area contributed by atoms with Gasteiger partial charge in [0, 0.05) is 0 Å². The molecule has 0 saturated carbocycles. The lowest BCUT2D eigenvalue weighted by Gasteiger charge is -2.41. The van der Waals surface area contributed by atoms with Gasteiger partial charge in [-0.2, -0.15) is 26.3 Å². The van der Waals surface area contributed by atoms with Gasteiger partial charge < -0.3 is 4.74 Å². The number of carbonyl (C=O) groups is 1. The van der Waals surface area contributed by atoms with Crippen molar-refractivity contribution in [3.63, 3.8) is 0 Å². The Balaban J connectivity index is 5.65. The highest BCUT2D eigenvalue weighted by Gasteiger charge is 2.61. The van der Waals surface area contributed by atoms with E-state index in [1.807, 2.05) is 0 Å². The third-order valence-electron chi connectivity index (χ3n) is 3.58. The second-order valence-corrected chi connectivity index (χ2v) is 6.58. The van der Waals surface area contributed by atoms with Crippen LogP contribution in [0.1, 0.15) is 41.0 Å². The molecule has 0 fully saturated rings. The molecule has 1 unspecified atom stereocenters. The summed E-state index contributed by atoms with van der Waals surface area (Å²) in [5.74, 6) is -1.55. The van der Waals surface area contributed by atoms with Crippen molar-refractivity contribution >= 4 is 5.97 Å². The van der Waals surface area contributed by atoms with Crippen LogP contribution in [0.25, 0.3) is 0 Å². The fourth-order valence-corrected chi connectivity index (χ4v) is 1.80. The molecule has 2 nitrogen and oxygen atoms in total. The van der Waals surface area contributed by atoms with Gasteiger partial charge in [-0.1, -0.05) is 26.3 Å². The van der Waals surface area contributed by atoms with Gasteiger partial charge in [0.05, 0.1) is 5.41 Å². The van der Waals surface area contributed by atoms with Crippen LogP contribution < -0.4 is 0 Å². The predicted molar refractivity (Wildman–Crippen MR) is 69.0 cm³/mol. The van der Waals surface area contributed by atoms with Crippen LogP contribution in [-0.2, 0) is 9.53 Å². The number of esters is 1. The number of allylic oxidation sites excluding steroid dienone is 1. The normalized spacial score (nSPS) is 16.4. The summed E-state index contributed by atoms with van der Waals surface area (Å²) in [6.45, 7) is 11.0. The standard InChI is InChI=1S/C14H20F6O2/c1-8(2)7-12(6,11(3,4)5)10(21)22-9(13(15,16)17)14(18,19)20/h9H,1,7H2,2-6H3. The quantitative estimate of drug-likeness (QED) is 0.409. The van der Waals surface area contributed by atoms with Crippen LogP contribution in [0.15, 0.2) is 12.2 Å². The lowest BCUT2D eigenvalue weighted by molar-refractivity contribution is -0.316. The van der Waals surface area contributed by atoms with Crippen molar-refractivity contribution in [1.82, 2.24) is 0 Å². The third-order valence-corrected chi connectivity index (χ3v) is 3.58. The van der Waals surface area contributed by atoms with E-state index >= 15 is 0 Å². The summed E-state index contributed by atoms with van der Waals surface area (Å²) >= 11 is 0. The summed E-state index contributed by atoms with van der Waals surface area (Å²) in [4.78, 5) is 12.1. The summed E-state index contributed by atoms with van der Waals surface area (Å²) in [6.07, 6.45) is -15.7. The minimum atomic E-state index is -5.73. The molecule has 0 spiro atoms. The Bertz CT molecular complexity index is 416. The first kappa shape index (κ1) is 20.8. The van der Waals surface area contributed by atoms with E-state index in [1.54, 1.807) is 0 Å². The summed E-state index contributed by atoms with van der Waals surface area (Å²) in [5, 5.41) is 0. The monoisotopic (exact) mass is 334 g/mol. The van der Waals surface area contributed by atoms with Crippen molar-refractivity contribution in [3.8, 4) is 0 Å². The van der Waals surface area contributed by atoms with Crippen molar-refractivity contribution in [1.29, 1.82) is 0 Å². The van der Waals surface area contributed by atoms with Crippen LogP contribution in [-0.4, -0.2) is 24.4 Å². The Hall–Kier alpha value is -1.21. The number of ether oxygens (including phenoxy) is 1. The smallest absolute Gasteiger partial charge is 0.434 e. The molecule has 0 saturated heterocycles. The molecule has 0 aromatic heterocycles. The average molecular weight is 334 g/mol. The zero-order valence-corrected chi connectivity index (χ0v) is 13.1. The van der Waals surface area contributed by atoms with Gasteiger partial charge >= 0.3 is 18.3 Å². The van der Waals surface area contributed by atoms with Crippen molar-refractivity contribution in [2.45, 2.75) is 59.5 Å². The second kappa shape index (κ2) is 6.12. The van der Waals surface area contributed by atoms with Gasteiger partial charge in [-0.05, 0) is 25.7 Å². The summed E-state index contributed by atoms with van der Waals surface area (Å²) in [5.41, 5.74) is -2.05. The highest BCUT2D eigenvalue weighted by molar-refractivity contribution is 5.78. The molecular formula is C14H20F6O2. The number of rotatable bonds is 4. The lowest BCUT2D eigenvalue weighted by Crippen LogP contribution is -2.50. The zero-order chi connectivity index (χ0) is 18.1. The molecule has 0 aliphatic heterocycles. The number of halogens is 6. The van der Waals surface area contributed by atoms with Crippen LogP contribution in [0.4, 0.5) is 26.3 Å². The average Bonchev–Trinajstić information content (AvgIpc) is 2.19. The van der Waals surface area contributed by atoms with Gasteiger partial charge in [-0.3, -0.25) is 4.79 Å². The highest BCUT2D eigenvalue weighted by atomic mass is 19.4. The van der Waals surface area contributed by atoms with Crippen LogP contribution in [0.5, 0.6) is 0 Å². The molecular weight excluding hydrogens is 314 g/mol. The van der Waals surface area contributed by atoms with Gasteiger partial charge in [0.15, 0.2) is 0 Å². The van der Waals surface area contributed by atoms with E-state index < -0.39 is 35.3 Å². The molecule has 0 N–H and O–H groups in total. The Kier molecular flexibility index (Phi) is 5.78. The van der Waals surface area contributed by atoms with Crippen LogP contribution in [0, 0.1) is 10.8 Å². The van der Waals surface area contributed by atoms with Crippen LogP contribution >= 0.6 is 0 Å². The Morgan fingerprint density at radius 1 is 1.00 bits per heavy atom. The highest BCUT2D eigenvalue weighted by Crippen LogP contribution is 2.46. The van der Waals surface area contributed by atoms with Gasteiger partial charge in [0.25, 0.3) is 6.10 Å². The second-order valence-electron chi connectivity index (χ2n) is 6.58. The SMILES string of the molecule is C=C(C)CC(C)(C(=O)OC(C(F)(F)F)C(F)(F)F)C(C)(C)C. The largest absolute Gasteiger partial charge is 0.442 e. The molecule has 0 radical (unpaired) electrons. The first-order valence-electron chi connectivity index (χ1n) is 6.42. The van der Waals surface area contributed by atoms with E-state index in [0.29, 0.717) is 5.57 Å². The molecule has 130 valence electrons. The van der Waals surface area contributed by atoms with E-state index in [4.69, 9.17) is 0 Å². The Morgan fingerprint density at radius 3 is 1.59 bits per heavy atom. The number of alkyl halides is 6. The number of hydrogen-bond donors (Lipinski definition) is 0. The van der Waals surface area contributed by atoms with Gasteiger partial charge in [-0.25, -0.2) is 0 Å². The zero-order valence-electron chi connectivity index (χ0n) is 13.1. The Morgan fingerprint density at radius 2 is 1.36 bits per heavy atom. The van der Waals surface area contributed by atoms with Crippen molar-refractivity contribution in [3.05, 3.63) is 12.2 Å². The molecule has 0 aliphatic rings. The summed E-state index contributed by atoms with van der Waals surface area (Å²) < 4.78 is 78.9. The molecule has 22 heavy (non-hydrogen) atoms. The van der Waals surface area contributed by atoms with Crippen molar-refractivity contribution in [2.75, 3.05) is 0 Å². The van der Waals surface area contributed by atoms with E-state index in [1.165, 1.54) is 34.6 Å². The summed E-state index contributed by atoms with van der Waals surface area (Å²) in [6, 6.07) is 0. The van der Waals surface area contributed by atoms with Crippen molar-refractivity contribution in [2.24, 2.45) is 10.8 Å². The van der Waals surface area contributed by atoms with Crippen LogP contribution in [0.3, 0.4) is 0 Å². The Labute approximate surface area is 125 Å². The van der Waals surface area contributed by atoms with E-state index in [-0.39, 0.29) is 6.42 Å². The molecule has 0 amide bonds. The first-order valence-corrected chi connectivity index (χ1v) is 6.42. The molecule has 0 rings (SSSR count). The fraction of sp³-hybridized carbons (Fsp3) is 0.786. The van der Waals surface area contributed by atoms with E-state index in [2.05, 4.69) is 11.3 Å². The molecule has 0 aromatic carbocycles. The first-order chi connectivity index (χ1) is 9.43. The molecule has 0 aliphatic carbocycles. The minimum absolute atomic E-state index is 0.0855. The minimum Gasteiger partial charge on any atom is -0.442 e. The molecule has 0 heterocycles. The topological polar surface area (TPSA) is 26.3 Å². The van der Waals surface area contributed by atoms with Gasteiger partial charge in [0.1, 0.15) is 0 Å². The predicted octanol–water partition coefficient (Wildman–Crippen LogP) is 5.04. The fourth-order valence-electron chi connectivity index (χ4n) is 1.80.